The Kier molecular flexibility index (Phi) is 3.87. The van der Waals surface area contributed by atoms with E-state index in [1.54, 1.807) is 0 Å². The van der Waals surface area contributed by atoms with Gasteiger partial charge in [-0.15, -0.1) is 0 Å². The number of halogens is 4. The van der Waals surface area contributed by atoms with Gasteiger partial charge in [0.25, 0.3) is 0 Å². The first-order valence-corrected chi connectivity index (χ1v) is 7.10. The van der Waals surface area contributed by atoms with Gasteiger partial charge in [-0.3, -0.25) is 0 Å². The maximum Gasteiger partial charge on any atom is 0.416 e. The molecule has 0 radical (unpaired) electrons. The van der Waals surface area contributed by atoms with Crippen LogP contribution in [0.3, 0.4) is 0 Å². The highest BCUT2D eigenvalue weighted by atomic mass is 79.9. The molecule has 5 heteroatoms. The Morgan fingerprint density at radius 1 is 1.32 bits per heavy atom. The first kappa shape index (κ1) is 14.7. The summed E-state index contributed by atoms with van der Waals surface area (Å²) >= 11 is 3.30. The van der Waals surface area contributed by atoms with Crippen LogP contribution >= 0.6 is 15.9 Å². The molecule has 1 nitrogen and oxygen atoms in total. The van der Waals surface area contributed by atoms with Gasteiger partial charge in [0, 0.05) is 16.2 Å². The zero-order valence-corrected chi connectivity index (χ0v) is 12.5. The van der Waals surface area contributed by atoms with Crippen molar-refractivity contribution >= 4 is 21.6 Å². The molecule has 2 rings (SSSR count). The minimum Gasteiger partial charge on any atom is -0.381 e. The fraction of sp³-hybridized carbons (Fsp3) is 0.571. The second-order valence-electron chi connectivity index (χ2n) is 5.94. The number of rotatable bonds is 2. The van der Waals surface area contributed by atoms with Crippen LogP contribution in [0.2, 0.25) is 0 Å². The molecule has 1 aliphatic rings. The van der Waals surface area contributed by atoms with Crippen LogP contribution in [0.15, 0.2) is 22.7 Å². The van der Waals surface area contributed by atoms with Gasteiger partial charge < -0.3 is 5.32 Å². The molecule has 0 aromatic heterocycles. The molecule has 1 atom stereocenters. The van der Waals surface area contributed by atoms with Gasteiger partial charge in [-0.2, -0.15) is 13.2 Å². The second kappa shape index (κ2) is 5.00. The van der Waals surface area contributed by atoms with Crippen LogP contribution in [0.1, 0.15) is 38.7 Å². The molecule has 1 aromatic carbocycles. The quantitative estimate of drug-likeness (QED) is 0.756. The van der Waals surface area contributed by atoms with Crippen molar-refractivity contribution in [2.75, 3.05) is 5.32 Å². The SMILES string of the molecule is CC1(C)CCC(Nc2cc(C(F)(F)F)ccc2Br)C1. The van der Waals surface area contributed by atoms with Gasteiger partial charge in [0.2, 0.25) is 0 Å². The standard InChI is InChI=1S/C14H17BrF3N/c1-13(2)6-5-10(8-13)19-12-7-9(14(16,17)18)3-4-11(12)15/h3-4,7,10,19H,5-6,8H2,1-2H3. The van der Waals surface area contributed by atoms with Crippen molar-refractivity contribution in [2.45, 2.75) is 45.3 Å². The van der Waals surface area contributed by atoms with E-state index in [1.807, 2.05) is 0 Å². The van der Waals surface area contributed by atoms with Crippen LogP contribution in [-0.4, -0.2) is 6.04 Å². The monoisotopic (exact) mass is 335 g/mol. The topological polar surface area (TPSA) is 12.0 Å². The fourth-order valence-corrected chi connectivity index (χ4v) is 2.95. The fourth-order valence-electron chi connectivity index (χ4n) is 2.59. The summed E-state index contributed by atoms with van der Waals surface area (Å²) in [5, 5.41) is 3.23. The van der Waals surface area contributed by atoms with Crippen molar-refractivity contribution in [3.63, 3.8) is 0 Å². The third-order valence-electron chi connectivity index (χ3n) is 3.62. The highest BCUT2D eigenvalue weighted by Gasteiger charge is 2.33. The van der Waals surface area contributed by atoms with Crippen molar-refractivity contribution in [2.24, 2.45) is 5.41 Å². The first-order valence-electron chi connectivity index (χ1n) is 6.31. The van der Waals surface area contributed by atoms with E-state index in [4.69, 9.17) is 0 Å². The predicted molar refractivity (Wildman–Crippen MR) is 74.2 cm³/mol. The van der Waals surface area contributed by atoms with E-state index in [0.29, 0.717) is 10.2 Å². The molecule has 1 aliphatic carbocycles. The van der Waals surface area contributed by atoms with E-state index < -0.39 is 11.7 Å². The third kappa shape index (κ3) is 3.65. The number of hydrogen-bond acceptors (Lipinski definition) is 1. The molecule has 0 spiro atoms. The first-order chi connectivity index (χ1) is 8.67. The molecule has 0 bridgehead atoms. The van der Waals surface area contributed by atoms with Crippen LogP contribution in [0, 0.1) is 5.41 Å². The zero-order chi connectivity index (χ0) is 14.3. The Balaban J connectivity index is 2.16. The summed E-state index contributed by atoms with van der Waals surface area (Å²) < 4.78 is 38.8. The van der Waals surface area contributed by atoms with Crippen molar-refractivity contribution in [1.82, 2.24) is 0 Å². The maximum absolute atomic E-state index is 12.7. The van der Waals surface area contributed by atoms with Gasteiger partial charge in [-0.25, -0.2) is 0 Å². The Morgan fingerprint density at radius 2 is 2.00 bits per heavy atom. The molecule has 106 valence electrons. The van der Waals surface area contributed by atoms with Crippen molar-refractivity contribution in [3.8, 4) is 0 Å². The largest absolute Gasteiger partial charge is 0.416 e. The van der Waals surface area contributed by atoms with Crippen LogP contribution in [-0.2, 0) is 6.18 Å². The Hall–Kier alpha value is -0.710. The lowest BCUT2D eigenvalue weighted by Crippen LogP contribution is -2.18. The number of alkyl halides is 3. The molecular weight excluding hydrogens is 319 g/mol. The molecular formula is C14H17BrF3N. The zero-order valence-electron chi connectivity index (χ0n) is 10.9. The van der Waals surface area contributed by atoms with Gasteiger partial charge in [0.1, 0.15) is 0 Å². The highest BCUT2D eigenvalue weighted by Crippen LogP contribution is 2.40. The average Bonchev–Trinajstić information content (AvgIpc) is 2.60. The number of anilines is 1. The summed E-state index contributed by atoms with van der Waals surface area (Å²) in [6.07, 6.45) is -1.22. The summed E-state index contributed by atoms with van der Waals surface area (Å²) in [4.78, 5) is 0. The molecule has 1 fully saturated rings. The lowest BCUT2D eigenvalue weighted by molar-refractivity contribution is -0.137. The molecule has 1 N–H and O–H groups in total. The molecule has 0 amide bonds. The maximum atomic E-state index is 12.7. The van der Waals surface area contributed by atoms with E-state index in [1.165, 1.54) is 12.1 Å². The van der Waals surface area contributed by atoms with E-state index >= 15 is 0 Å². The van der Waals surface area contributed by atoms with Crippen LogP contribution in [0.5, 0.6) is 0 Å². The number of nitrogens with one attached hydrogen (secondary N) is 1. The molecule has 0 aliphatic heterocycles. The van der Waals surface area contributed by atoms with Gasteiger partial charge >= 0.3 is 6.18 Å². The van der Waals surface area contributed by atoms with Crippen molar-refractivity contribution < 1.29 is 13.2 Å². The van der Waals surface area contributed by atoms with E-state index in [9.17, 15) is 13.2 Å². The highest BCUT2D eigenvalue weighted by molar-refractivity contribution is 9.10. The second-order valence-corrected chi connectivity index (χ2v) is 6.79. The van der Waals surface area contributed by atoms with Gasteiger partial charge in [0.15, 0.2) is 0 Å². The molecule has 19 heavy (non-hydrogen) atoms. The smallest absolute Gasteiger partial charge is 0.381 e. The number of hydrogen-bond donors (Lipinski definition) is 1. The Labute approximate surface area is 119 Å². The number of benzene rings is 1. The molecule has 0 heterocycles. The van der Waals surface area contributed by atoms with Crippen LogP contribution in [0.4, 0.5) is 18.9 Å². The minimum atomic E-state index is -4.30. The van der Waals surface area contributed by atoms with Crippen molar-refractivity contribution in [1.29, 1.82) is 0 Å². The predicted octanol–water partition coefficient (Wildman–Crippen LogP) is 5.46. The van der Waals surface area contributed by atoms with Crippen molar-refractivity contribution in [3.05, 3.63) is 28.2 Å². The van der Waals surface area contributed by atoms with Crippen LogP contribution in [0.25, 0.3) is 0 Å². The minimum absolute atomic E-state index is 0.245. The summed E-state index contributed by atoms with van der Waals surface area (Å²) in [6, 6.07) is 3.96. The summed E-state index contributed by atoms with van der Waals surface area (Å²) in [6.45, 7) is 4.38. The van der Waals surface area contributed by atoms with Gasteiger partial charge in [0.05, 0.1) is 5.56 Å². The average molecular weight is 336 g/mol. The normalized spacial score (nSPS) is 22.5. The van der Waals surface area contributed by atoms with Gasteiger partial charge in [-0.05, 0) is 58.8 Å². The molecule has 1 saturated carbocycles. The van der Waals surface area contributed by atoms with E-state index in [0.717, 1.165) is 25.3 Å². The van der Waals surface area contributed by atoms with E-state index in [2.05, 4.69) is 35.1 Å². The summed E-state index contributed by atoms with van der Waals surface area (Å²) in [7, 11) is 0. The summed E-state index contributed by atoms with van der Waals surface area (Å²) in [5.74, 6) is 0. The summed E-state index contributed by atoms with van der Waals surface area (Å²) in [5.41, 5.74) is 0.180. The molecule has 1 unspecified atom stereocenters. The third-order valence-corrected chi connectivity index (χ3v) is 4.31. The Bertz CT molecular complexity index is 468. The lowest BCUT2D eigenvalue weighted by atomic mass is 9.92. The molecule has 1 aromatic rings. The lowest BCUT2D eigenvalue weighted by Gasteiger charge is -2.20. The van der Waals surface area contributed by atoms with E-state index in [-0.39, 0.29) is 11.5 Å². The Morgan fingerprint density at radius 3 is 2.53 bits per heavy atom. The van der Waals surface area contributed by atoms with Gasteiger partial charge in [-0.1, -0.05) is 13.8 Å². The van der Waals surface area contributed by atoms with Crippen LogP contribution < -0.4 is 5.32 Å². The molecule has 0 saturated heterocycles.